The summed E-state index contributed by atoms with van der Waals surface area (Å²) in [7, 11) is 0. The van der Waals surface area contributed by atoms with E-state index in [1.54, 1.807) is 0 Å². The lowest BCUT2D eigenvalue weighted by molar-refractivity contribution is -0.121. The summed E-state index contributed by atoms with van der Waals surface area (Å²) in [5, 5.41) is 3.05. The fourth-order valence-electron chi connectivity index (χ4n) is 2.36. The molecule has 1 aliphatic rings. The van der Waals surface area contributed by atoms with E-state index >= 15 is 0 Å². The molecule has 0 aliphatic carbocycles. The Hall–Kier alpha value is -1.16. The second-order valence-electron chi connectivity index (χ2n) is 5.38. The summed E-state index contributed by atoms with van der Waals surface area (Å²) in [5.41, 5.74) is 7.69. The zero-order valence-corrected chi connectivity index (χ0v) is 12.3. The van der Waals surface area contributed by atoms with Gasteiger partial charge in [0, 0.05) is 23.4 Å². The molecule has 1 atom stereocenters. The van der Waals surface area contributed by atoms with E-state index in [0.717, 1.165) is 17.8 Å². The third-order valence-electron chi connectivity index (χ3n) is 3.64. The lowest BCUT2D eigenvalue weighted by Gasteiger charge is -2.22. The third kappa shape index (κ3) is 4.16. The van der Waals surface area contributed by atoms with Crippen molar-refractivity contribution in [3.8, 4) is 0 Å². The Labute approximate surface area is 119 Å². The van der Waals surface area contributed by atoms with Crippen molar-refractivity contribution in [1.29, 1.82) is 0 Å². The van der Waals surface area contributed by atoms with Crippen molar-refractivity contribution in [3.63, 3.8) is 0 Å². The zero-order valence-electron chi connectivity index (χ0n) is 11.4. The molecule has 1 aliphatic heterocycles. The van der Waals surface area contributed by atoms with Gasteiger partial charge in [-0.25, -0.2) is 0 Å². The molecule has 0 aromatic heterocycles. The zero-order chi connectivity index (χ0) is 13.7. The molecule has 0 radical (unpaired) electrons. The molecule has 0 saturated carbocycles. The van der Waals surface area contributed by atoms with Crippen molar-refractivity contribution in [2.24, 2.45) is 0 Å². The first-order valence-corrected chi connectivity index (χ1v) is 7.82. The van der Waals surface area contributed by atoms with Gasteiger partial charge in [-0.2, -0.15) is 11.8 Å². The van der Waals surface area contributed by atoms with Crippen LogP contribution >= 0.6 is 11.8 Å². The minimum absolute atomic E-state index is 0.122. The number of hydrogen-bond donors (Lipinski definition) is 2. The van der Waals surface area contributed by atoms with Crippen LogP contribution in [0.1, 0.15) is 31.7 Å². The number of rotatable bonds is 5. The molecule has 1 aromatic rings. The average molecular weight is 278 g/mol. The van der Waals surface area contributed by atoms with Crippen molar-refractivity contribution < 1.29 is 4.79 Å². The molecule has 1 saturated heterocycles. The Balaban J connectivity index is 1.74. The Morgan fingerprint density at radius 1 is 1.47 bits per heavy atom. The predicted molar refractivity (Wildman–Crippen MR) is 82.3 cm³/mol. The summed E-state index contributed by atoms with van der Waals surface area (Å²) in [6, 6.07) is 7.73. The van der Waals surface area contributed by atoms with Crippen LogP contribution in [0.5, 0.6) is 0 Å². The number of thioether (sulfide) groups is 1. The summed E-state index contributed by atoms with van der Waals surface area (Å²) in [4.78, 5) is 11.9. The summed E-state index contributed by atoms with van der Waals surface area (Å²) >= 11 is 1.97. The van der Waals surface area contributed by atoms with Crippen LogP contribution in [0.2, 0.25) is 0 Å². The highest BCUT2D eigenvalue weighted by molar-refractivity contribution is 8.00. The molecule has 3 nitrogen and oxygen atoms in total. The van der Waals surface area contributed by atoms with E-state index in [0.29, 0.717) is 12.8 Å². The number of carbonyl (C=O) groups is 1. The van der Waals surface area contributed by atoms with E-state index in [1.165, 1.54) is 18.6 Å². The van der Waals surface area contributed by atoms with E-state index in [-0.39, 0.29) is 10.7 Å². The van der Waals surface area contributed by atoms with Gasteiger partial charge in [-0.1, -0.05) is 18.2 Å². The summed E-state index contributed by atoms with van der Waals surface area (Å²) in [5.74, 6) is 1.34. The van der Waals surface area contributed by atoms with Gasteiger partial charge in [0.15, 0.2) is 0 Å². The predicted octanol–water partition coefficient (Wildman–Crippen LogP) is 2.60. The molecule has 2 rings (SSSR count). The highest BCUT2D eigenvalue weighted by atomic mass is 32.2. The quantitative estimate of drug-likeness (QED) is 0.814. The first-order chi connectivity index (χ1) is 9.09. The molecule has 1 heterocycles. The summed E-state index contributed by atoms with van der Waals surface area (Å²) in [6.07, 6.45) is 3.68. The van der Waals surface area contributed by atoms with Crippen LogP contribution in [0.15, 0.2) is 24.3 Å². The Morgan fingerprint density at radius 2 is 2.26 bits per heavy atom. The van der Waals surface area contributed by atoms with Gasteiger partial charge in [0.25, 0.3) is 0 Å². The number of nitrogens with two attached hydrogens (primary N) is 1. The second-order valence-corrected chi connectivity index (χ2v) is 7.06. The fourth-order valence-corrected chi connectivity index (χ4v) is 3.60. The van der Waals surface area contributed by atoms with E-state index < -0.39 is 0 Å². The normalized spacial score (nSPS) is 22.4. The molecule has 1 aromatic carbocycles. The van der Waals surface area contributed by atoms with Crippen LogP contribution in [0, 0.1) is 0 Å². The second kappa shape index (κ2) is 6.33. The van der Waals surface area contributed by atoms with Crippen molar-refractivity contribution in [1.82, 2.24) is 5.32 Å². The van der Waals surface area contributed by atoms with Gasteiger partial charge in [-0.3, -0.25) is 4.79 Å². The Kier molecular flexibility index (Phi) is 4.75. The van der Waals surface area contributed by atoms with E-state index in [2.05, 4.69) is 12.2 Å². The number of nitrogen functional groups attached to an aromatic ring is 1. The van der Waals surface area contributed by atoms with Gasteiger partial charge in [-0.15, -0.1) is 0 Å². The molecule has 1 amide bonds. The van der Waals surface area contributed by atoms with Crippen LogP contribution in [-0.4, -0.2) is 23.0 Å². The molecule has 0 spiro atoms. The lowest BCUT2D eigenvalue weighted by atomic mass is 10.1. The number of benzene rings is 1. The van der Waals surface area contributed by atoms with Gasteiger partial charge < -0.3 is 11.1 Å². The molecule has 0 bridgehead atoms. The van der Waals surface area contributed by atoms with Gasteiger partial charge in [0.05, 0.1) is 0 Å². The Bertz CT molecular complexity index is 442. The number of hydrogen-bond acceptors (Lipinski definition) is 3. The Morgan fingerprint density at radius 3 is 2.95 bits per heavy atom. The number of aryl methyl sites for hydroxylation is 1. The van der Waals surface area contributed by atoms with Crippen LogP contribution in [0.25, 0.3) is 0 Å². The maximum atomic E-state index is 11.9. The van der Waals surface area contributed by atoms with Crippen molar-refractivity contribution in [3.05, 3.63) is 29.8 Å². The maximum Gasteiger partial charge on any atom is 0.220 e. The van der Waals surface area contributed by atoms with Gasteiger partial charge >= 0.3 is 0 Å². The molecule has 4 heteroatoms. The number of carbonyl (C=O) groups excluding carboxylic acids is 1. The summed E-state index contributed by atoms with van der Waals surface area (Å²) in [6.45, 7) is 3.01. The molecule has 104 valence electrons. The highest BCUT2D eigenvalue weighted by Gasteiger charge is 2.29. The molecule has 1 fully saturated rings. The van der Waals surface area contributed by atoms with Crippen LogP contribution in [-0.2, 0) is 11.2 Å². The SMILES string of the molecule is CC1(CNC(=O)CCc2ccccc2N)CCCS1. The van der Waals surface area contributed by atoms with Gasteiger partial charge in [0.2, 0.25) is 5.91 Å². The third-order valence-corrected chi connectivity index (χ3v) is 5.17. The highest BCUT2D eigenvalue weighted by Crippen LogP contribution is 2.36. The first-order valence-electron chi connectivity index (χ1n) is 6.83. The van der Waals surface area contributed by atoms with Crippen molar-refractivity contribution in [2.45, 2.75) is 37.4 Å². The number of anilines is 1. The van der Waals surface area contributed by atoms with Crippen molar-refractivity contribution in [2.75, 3.05) is 18.0 Å². The lowest BCUT2D eigenvalue weighted by Crippen LogP contribution is -2.36. The van der Waals surface area contributed by atoms with E-state index in [9.17, 15) is 4.79 Å². The fraction of sp³-hybridized carbons (Fsp3) is 0.533. The number of para-hydroxylation sites is 1. The minimum Gasteiger partial charge on any atom is -0.399 e. The molecule has 3 N–H and O–H groups in total. The molecule has 1 unspecified atom stereocenters. The van der Waals surface area contributed by atoms with Crippen LogP contribution in [0.3, 0.4) is 0 Å². The summed E-state index contributed by atoms with van der Waals surface area (Å²) < 4.78 is 0.238. The largest absolute Gasteiger partial charge is 0.399 e. The monoisotopic (exact) mass is 278 g/mol. The van der Waals surface area contributed by atoms with E-state index in [1.807, 2.05) is 36.0 Å². The standard InChI is InChI=1S/C15H22N2OS/c1-15(9-4-10-19-15)11-17-14(18)8-7-12-5-2-3-6-13(12)16/h2-3,5-6H,4,7-11,16H2,1H3,(H,17,18). The van der Waals surface area contributed by atoms with Gasteiger partial charge in [0.1, 0.15) is 0 Å². The topological polar surface area (TPSA) is 55.1 Å². The number of nitrogens with one attached hydrogen (secondary N) is 1. The molecular formula is C15H22N2OS. The smallest absolute Gasteiger partial charge is 0.220 e. The van der Waals surface area contributed by atoms with Crippen molar-refractivity contribution >= 4 is 23.4 Å². The van der Waals surface area contributed by atoms with E-state index in [4.69, 9.17) is 5.73 Å². The minimum atomic E-state index is 0.122. The first kappa shape index (κ1) is 14.3. The number of amides is 1. The maximum absolute atomic E-state index is 11.9. The van der Waals surface area contributed by atoms with Crippen LogP contribution in [0.4, 0.5) is 5.69 Å². The molecular weight excluding hydrogens is 256 g/mol. The van der Waals surface area contributed by atoms with Gasteiger partial charge in [-0.05, 0) is 43.6 Å². The van der Waals surface area contributed by atoms with Crippen LogP contribution < -0.4 is 11.1 Å². The average Bonchev–Trinajstić information content (AvgIpc) is 2.83. The molecule has 19 heavy (non-hydrogen) atoms.